The van der Waals surface area contributed by atoms with Gasteiger partial charge < -0.3 is 8.98 Å². The zero-order valence-electron chi connectivity index (χ0n) is 27.1. The molecule has 0 aliphatic rings. The highest BCUT2D eigenvalue weighted by Crippen LogP contribution is 2.43. The molecule has 11 aromatic rings. The molecule has 0 bridgehead atoms. The van der Waals surface area contributed by atoms with Crippen LogP contribution < -0.4 is 0 Å². The smallest absolute Gasteiger partial charge is 0.164 e. The first-order chi connectivity index (χ1) is 25.3. The number of hydrogen-bond donors (Lipinski definition) is 0. The summed E-state index contributed by atoms with van der Waals surface area (Å²) in [6.07, 6.45) is 0. The van der Waals surface area contributed by atoms with Gasteiger partial charge >= 0.3 is 0 Å². The summed E-state index contributed by atoms with van der Waals surface area (Å²) in [6, 6.07) is 54.9. The summed E-state index contributed by atoms with van der Waals surface area (Å²) in [5.41, 5.74) is 8.09. The van der Waals surface area contributed by atoms with E-state index in [9.17, 15) is 0 Å². The Labute approximate surface area is 295 Å². The Kier molecular flexibility index (Phi) is 6.05. The Balaban J connectivity index is 1.07. The molecule has 4 aromatic heterocycles. The molecule has 0 atom stereocenters. The fraction of sp³-hybridized carbons (Fsp3) is 0. The van der Waals surface area contributed by atoms with Crippen LogP contribution in [0.25, 0.3) is 104 Å². The second kappa shape index (κ2) is 10.9. The van der Waals surface area contributed by atoms with Gasteiger partial charge in [0.15, 0.2) is 23.1 Å². The molecule has 0 spiro atoms. The van der Waals surface area contributed by atoms with Crippen molar-refractivity contribution in [1.82, 2.24) is 19.5 Å². The zero-order chi connectivity index (χ0) is 33.5. The molecule has 0 unspecified atom stereocenters. The molecule has 0 saturated carbocycles. The van der Waals surface area contributed by atoms with Gasteiger partial charge in [0.2, 0.25) is 0 Å². The number of aromatic nitrogens is 4. The van der Waals surface area contributed by atoms with Gasteiger partial charge in [0.1, 0.15) is 5.58 Å². The molecule has 5 nitrogen and oxygen atoms in total. The maximum absolute atomic E-state index is 6.77. The van der Waals surface area contributed by atoms with E-state index in [1.807, 2.05) is 60.7 Å². The standard InChI is InChI=1S/C45H26N4OS/c1-3-11-27(12-4-1)43-46-44(28-13-5-2-6-14-28)48-45(47-43)29-19-24-40-36(25-29)35-23-22-34-33-21-20-30(26-39(33)50-41(34)42(35)51-40)49-37-17-9-7-15-31(37)32-16-8-10-18-38(32)49/h1-26H. The number of thiophene rings is 1. The molecule has 0 aliphatic carbocycles. The van der Waals surface area contributed by atoms with Gasteiger partial charge in [-0.2, -0.15) is 0 Å². The van der Waals surface area contributed by atoms with Gasteiger partial charge in [0.05, 0.1) is 15.7 Å². The summed E-state index contributed by atoms with van der Waals surface area (Å²) < 4.78 is 11.4. The van der Waals surface area contributed by atoms with Gasteiger partial charge in [-0.1, -0.05) is 103 Å². The topological polar surface area (TPSA) is 56.7 Å². The summed E-state index contributed by atoms with van der Waals surface area (Å²) in [4.78, 5) is 14.8. The molecule has 0 amide bonds. The third-order valence-electron chi connectivity index (χ3n) is 9.86. The highest BCUT2D eigenvalue weighted by Gasteiger charge is 2.18. The minimum atomic E-state index is 0.645. The number of hydrogen-bond acceptors (Lipinski definition) is 5. The maximum Gasteiger partial charge on any atom is 0.164 e. The lowest BCUT2D eigenvalue weighted by atomic mass is 10.1. The molecule has 0 fully saturated rings. The summed E-state index contributed by atoms with van der Waals surface area (Å²) in [5.74, 6) is 1.95. The van der Waals surface area contributed by atoms with Crippen molar-refractivity contribution in [3.63, 3.8) is 0 Å². The van der Waals surface area contributed by atoms with Crippen LogP contribution in [0.15, 0.2) is 162 Å². The molecule has 11 rings (SSSR count). The molecular formula is C45H26N4OS. The Hall–Kier alpha value is -6.63. The average Bonchev–Trinajstić information content (AvgIpc) is 3.87. The molecule has 0 saturated heterocycles. The number of fused-ring (bicyclic) bond motifs is 10. The highest BCUT2D eigenvalue weighted by atomic mass is 32.1. The lowest BCUT2D eigenvalue weighted by Crippen LogP contribution is -2.00. The maximum atomic E-state index is 6.77. The first kappa shape index (κ1) is 28.2. The summed E-state index contributed by atoms with van der Waals surface area (Å²) >= 11 is 1.76. The van der Waals surface area contributed by atoms with Crippen molar-refractivity contribution in [2.24, 2.45) is 0 Å². The Morgan fingerprint density at radius 2 is 1.00 bits per heavy atom. The predicted molar refractivity (Wildman–Crippen MR) is 211 cm³/mol. The van der Waals surface area contributed by atoms with E-state index in [0.29, 0.717) is 17.5 Å². The van der Waals surface area contributed by atoms with Gasteiger partial charge in [-0.15, -0.1) is 11.3 Å². The van der Waals surface area contributed by atoms with Gasteiger partial charge in [0.25, 0.3) is 0 Å². The van der Waals surface area contributed by atoms with Crippen molar-refractivity contribution in [2.45, 2.75) is 0 Å². The SMILES string of the molecule is c1ccc(-c2nc(-c3ccccc3)nc(-c3ccc4sc5c(ccc6c7ccc(-n8c9ccccc9c9ccccc98)cc7oc65)c4c3)n2)cc1. The van der Waals surface area contributed by atoms with Crippen LogP contribution in [0, 0.1) is 0 Å². The minimum absolute atomic E-state index is 0.645. The zero-order valence-corrected chi connectivity index (χ0v) is 27.9. The van der Waals surface area contributed by atoms with Crippen LogP contribution in [0.4, 0.5) is 0 Å². The largest absolute Gasteiger partial charge is 0.454 e. The van der Waals surface area contributed by atoms with Crippen molar-refractivity contribution in [2.75, 3.05) is 0 Å². The minimum Gasteiger partial charge on any atom is -0.454 e. The van der Waals surface area contributed by atoms with E-state index in [1.54, 1.807) is 11.3 Å². The van der Waals surface area contributed by atoms with E-state index in [2.05, 4.69) is 102 Å². The summed E-state index contributed by atoms with van der Waals surface area (Å²) in [7, 11) is 0. The predicted octanol–water partition coefficient (Wildman–Crippen LogP) is 12.2. The van der Waals surface area contributed by atoms with Gasteiger partial charge in [0, 0.05) is 65.5 Å². The normalized spacial score (nSPS) is 11.9. The fourth-order valence-electron chi connectivity index (χ4n) is 7.47. The van der Waals surface area contributed by atoms with Gasteiger partial charge in [-0.05, 0) is 48.5 Å². The quantitative estimate of drug-likeness (QED) is 0.187. The Bertz CT molecular complexity index is 3030. The lowest BCUT2D eigenvalue weighted by Gasteiger charge is -2.08. The summed E-state index contributed by atoms with van der Waals surface area (Å²) in [5, 5.41) is 7.04. The molecule has 4 heterocycles. The van der Waals surface area contributed by atoms with E-state index < -0.39 is 0 Å². The van der Waals surface area contributed by atoms with Crippen molar-refractivity contribution in [3.05, 3.63) is 158 Å². The van der Waals surface area contributed by atoms with Crippen molar-refractivity contribution in [3.8, 4) is 39.9 Å². The number of furan rings is 1. The summed E-state index contributed by atoms with van der Waals surface area (Å²) in [6.45, 7) is 0. The average molecular weight is 671 g/mol. The Morgan fingerprint density at radius 3 is 1.67 bits per heavy atom. The molecule has 51 heavy (non-hydrogen) atoms. The Morgan fingerprint density at radius 1 is 0.431 bits per heavy atom. The van der Waals surface area contributed by atoms with Crippen LogP contribution in [0.2, 0.25) is 0 Å². The number of benzene rings is 7. The van der Waals surface area contributed by atoms with Crippen LogP contribution in [-0.2, 0) is 0 Å². The molecule has 0 N–H and O–H groups in total. The van der Waals surface area contributed by atoms with Crippen LogP contribution in [0.3, 0.4) is 0 Å². The fourth-order valence-corrected chi connectivity index (χ4v) is 8.64. The lowest BCUT2D eigenvalue weighted by molar-refractivity contribution is 0.673. The van der Waals surface area contributed by atoms with Crippen molar-refractivity contribution >= 4 is 75.3 Å². The number of rotatable bonds is 4. The third-order valence-corrected chi connectivity index (χ3v) is 11.0. The van der Waals surface area contributed by atoms with Crippen molar-refractivity contribution in [1.29, 1.82) is 0 Å². The van der Waals surface area contributed by atoms with Gasteiger partial charge in [-0.3, -0.25) is 0 Å². The van der Waals surface area contributed by atoms with Gasteiger partial charge in [-0.25, -0.2) is 15.0 Å². The monoisotopic (exact) mass is 670 g/mol. The van der Waals surface area contributed by atoms with E-state index in [4.69, 9.17) is 19.4 Å². The molecule has 7 aromatic carbocycles. The molecule has 0 radical (unpaired) electrons. The second-order valence-electron chi connectivity index (χ2n) is 12.8. The highest BCUT2D eigenvalue weighted by molar-refractivity contribution is 7.26. The van der Waals surface area contributed by atoms with Crippen LogP contribution in [0.1, 0.15) is 0 Å². The molecular weight excluding hydrogens is 645 g/mol. The van der Waals surface area contributed by atoms with E-state index >= 15 is 0 Å². The second-order valence-corrected chi connectivity index (χ2v) is 13.9. The molecule has 238 valence electrons. The first-order valence-corrected chi connectivity index (χ1v) is 17.8. The van der Waals surface area contributed by atoms with Crippen molar-refractivity contribution < 1.29 is 4.42 Å². The third kappa shape index (κ3) is 4.37. The number of para-hydroxylation sites is 2. The number of nitrogens with zero attached hydrogens (tertiary/aromatic N) is 4. The first-order valence-electron chi connectivity index (χ1n) is 16.9. The molecule has 0 aliphatic heterocycles. The van der Waals surface area contributed by atoms with E-state index in [-0.39, 0.29) is 0 Å². The van der Waals surface area contributed by atoms with Crippen LogP contribution in [-0.4, -0.2) is 19.5 Å². The van der Waals surface area contributed by atoms with E-state index in [1.165, 1.54) is 26.5 Å². The molecule has 6 heteroatoms. The van der Waals surface area contributed by atoms with Crippen LogP contribution >= 0.6 is 11.3 Å². The van der Waals surface area contributed by atoms with Crippen LogP contribution in [0.5, 0.6) is 0 Å². The van der Waals surface area contributed by atoms with E-state index in [0.717, 1.165) is 59.8 Å².